The summed E-state index contributed by atoms with van der Waals surface area (Å²) in [7, 11) is 0. The number of halogens is 1. The summed E-state index contributed by atoms with van der Waals surface area (Å²) in [5.41, 5.74) is 1.20. The largest absolute Gasteiger partial charge is 0.392 e. The minimum Gasteiger partial charge on any atom is -0.392 e. The number of nitrogens with zero attached hydrogens (tertiary/aromatic N) is 4. The fourth-order valence-electron chi connectivity index (χ4n) is 2.41. The zero-order valence-corrected chi connectivity index (χ0v) is 15.8. The summed E-state index contributed by atoms with van der Waals surface area (Å²) in [6.45, 7) is 5.31. The lowest BCUT2D eigenvalue weighted by Crippen LogP contribution is -2.31. The second kappa shape index (κ2) is 7.89. The molecule has 27 heavy (non-hydrogen) atoms. The van der Waals surface area contributed by atoms with Crippen LogP contribution in [0, 0.1) is 12.7 Å². The highest BCUT2D eigenvalue weighted by Crippen LogP contribution is 2.26. The molecule has 0 saturated heterocycles. The summed E-state index contributed by atoms with van der Waals surface area (Å²) in [5.74, 6) is -0.660. The van der Waals surface area contributed by atoms with E-state index < -0.39 is 17.8 Å². The number of hydrogen-bond acceptors (Lipinski definition) is 8. The lowest BCUT2D eigenvalue weighted by Gasteiger charge is -2.14. The van der Waals surface area contributed by atoms with Gasteiger partial charge in [0.05, 0.1) is 23.4 Å². The molecule has 0 radical (unpaired) electrons. The molecular formula is C17H19FN6O2S. The Kier molecular flexibility index (Phi) is 5.57. The van der Waals surface area contributed by atoms with Gasteiger partial charge in [0.1, 0.15) is 10.5 Å². The number of aryl methyl sites for hydroxylation is 1. The number of pyridine rings is 1. The monoisotopic (exact) mass is 390 g/mol. The predicted octanol–water partition coefficient (Wildman–Crippen LogP) is 2.21. The van der Waals surface area contributed by atoms with Gasteiger partial charge in [-0.2, -0.15) is 4.98 Å². The van der Waals surface area contributed by atoms with Gasteiger partial charge in [-0.1, -0.05) is 0 Å². The van der Waals surface area contributed by atoms with Crippen LogP contribution in [0.2, 0.25) is 0 Å². The molecule has 2 atom stereocenters. The van der Waals surface area contributed by atoms with Crippen molar-refractivity contribution in [1.29, 1.82) is 0 Å². The SMILES string of the molecule is Cc1nc2nc(N[C@@H](C)c3cncc(F)c3)nc(C(=O)NC[C@@H](C)O)c2s1. The van der Waals surface area contributed by atoms with Crippen molar-refractivity contribution >= 4 is 33.5 Å². The second-order valence-electron chi connectivity index (χ2n) is 6.14. The normalized spacial score (nSPS) is 13.4. The van der Waals surface area contributed by atoms with E-state index >= 15 is 0 Å². The van der Waals surface area contributed by atoms with Gasteiger partial charge in [-0.3, -0.25) is 9.78 Å². The number of rotatable bonds is 6. The summed E-state index contributed by atoms with van der Waals surface area (Å²) in [6.07, 6.45) is 2.00. The summed E-state index contributed by atoms with van der Waals surface area (Å²) in [6, 6.07) is 1.03. The number of aromatic nitrogens is 4. The van der Waals surface area contributed by atoms with Gasteiger partial charge in [-0.05, 0) is 32.4 Å². The number of aliphatic hydroxyl groups excluding tert-OH is 1. The minimum atomic E-state index is -0.674. The maximum Gasteiger partial charge on any atom is 0.271 e. The Hall–Kier alpha value is -2.72. The Morgan fingerprint density at radius 1 is 1.30 bits per heavy atom. The third-order valence-electron chi connectivity index (χ3n) is 3.71. The summed E-state index contributed by atoms with van der Waals surface area (Å²) in [4.78, 5) is 29.3. The van der Waals surface area contributed by atoms with E-state index in [2.05, 4.69) is 30.6 Å². The van der Waals surface area contributed by atoms with E-state index in [1.807, 2.05) is 13.8 Å². The highest BCUT2D eigenvalue weighted by molar-refractivity contribution is 7.18. The molecule has 3 heterocycles. The van der Waals surface area contributed by atoms with Crippen molar-refractivity contribution in [2.75, 3.05) is 11.9 Å². The van der Waals surface area contributed by atoms with Crippen LogP contribution in [-0.4, -0.2) is 43.6 Å². The molecule has 0 bridgehead atoms. The minimum absolute atomic E-state index is 0.107. The Bertz CT molecular complexity index is 977. The van der Waals surface area contributed by atoms with Crippen LogP contribution in [0.3, 0.4) is 0 Å². The van der Waals surface area contributed by atoms with Gasteiger partial charge in [-0.25, -0.2) is 14.4 Å². The zero-order chi connectivity index (χ0) is 19.6. The highest BCUT2D eigenvalue weighted by Gasteiger charge is 2.19. The molecule has 0 aliphatic rings. The Labute approximate surface area is 158 Å². The third kappa shape index (κ3) is 4.52. The molecule has 0 aliphatic carbocycles. The molecule has 8 nitrogen and oxygen atoms in total. The molecule has 0 spiro atoms. The maximum atomic E-state index is 13.4. The van der Waals surface area contributed by atoms with E-state index in [9.17, 15) is 14.3 Å². The van der Waals surface area contributed by atoms with Gasteiger partial charge < -0.3 is 15.7 Å². The topological polar surface area (TPSA) is 113 Å². The number of anilines is 1. The summed E-state index contributed by atoms with van der Waals surface area (Å²) < 4.78 is 14.0. The fourth-order valence-corrected chi connectivity index (χ4v) is 3.26. The molecule has 0 saturated carbocycles. The molecule has 3 aromatic heterocycles. The van der Waals surface area contributed by atoms with Crippen molar-refractivity contribution in [2.24, 2.45) is 0 Å². The first-order valence-corrected chi connectivity index (χ1v) is 9.13. The van der Waals surface area contributed by atoms with E-state index in [1.165, 1.54) is 17.4 Å². The number of nitrogens with one attached hydrogen (secondary N) is 2. The van der Waals surface area contributed by atoms with Crippen LogP contribution in [0.1, 0.15) is 40.9 Å². The molecule has 0 fully saturated rings. The number of carbonyl (C=O) groups is 1. The molecule has 3 rings (SSSR count). The van der Waals surface area contributed by atoms with Crippen LogP contribution in [0.15, 0.2) is 18.5 Å². The van der Waals surface area contributed by atoms with Crippen LogP contribution in [0.5, 0.6) is 0 Å². The van der Waals surface area contributed by atoms with Crippen molar-refractivity contribution in [1.82, 2.24) is 25.3 Å². The number of aliphatic hydroxyl groups is 1. The van der Waals surface area contributed by atoms with Crippen molar-refractivity contribution in [3.63, 3.8) is 0 Å². The first-order valence-electron chi connectivity index (χ1n) is 8.32. The Morgan fingerprint density at radius 3 is 2.78 bits per heavy atom. The van der Waals surface area contributed by atoms with Crippen LogP contribution >= 0.6 is 11.3 Å². The molecule has 3 N–H and O–H groups in total. The molecule has 142 valence electrons. The van der Waals surface area contributed by atoms with Crippen LogP contribution in [0.25, 0.3) is 10.3 Å². The van der Waals surface area contributed by atoms with E-state index in [1.54, 1.807) is 13.1 Å². The third-order valence-corrected chi connectivity index (χ3v) is 4.67. The number of amides is 1. The number of fused-ring (bicyclic) bond motifs is 1. The second-order valence-corrected chi connectivity index (χ2v) is 7.35. The van der Waals surface area contributed by atoms with Gasteiger partial charge in [-0.15, -0.1) is 11.3 Å². The molecular weight excluding hydrogens is 371 g/mol. The van der Waals surface area contributed by atoms with Gasteiger partial charge in [0.2, 0.25) is 5.95 Å². The van der Waals surface area contributed by atoms with Gasteiger partial charge in [0.25, 0.3) is 5.91 Å². The maximum absolute atomic E-state index is 13.4. The van der Waals surface area contributed by atoms with E-state index in [0.29, 0.717) is 15.9 Å². The first kappa shape index (κ1) is 19.1. The zero-order valence-electron chi connectivity index (χ0n) is 15.0. The number of hydrogen-bond donors (Lipinski definition) is 3. The molecule has 3 aromatic rings. The molecule has 0 aromatic carbocycles. The van der Waals surface area contributed by atoms with Crippen molar-refractivity contribution < 1.29 is 14.3 Å². The van der Waals surface area contributed by atoms with Crippen LogP contribution < -0.4 is 10.6 Å². The summed E-state index contributed by atoms with van der Waals surface area (Å²) >= 11 is 1.32. The predicted molar refractivity (Wildman–Crippen MR) is 100 cm³/mol. The molecule has 0 aliphatic heterocycles. The standard InChI is InChI=1S/C17H19FN6O2S/c1-8(25)5-20-16(26)13-14-15(22-10(3)27-14)24-17(23-13)21-9(2)11-4-12(18)7-19-6-11/h4,6-9,25H,5H2,1-3H3,(H,20,26)(H,21,23,24)/t8-,9+/m1/s1. The molecule has 10 heteroatoms. The quantitative estimate of drug-likeness (QED) is 0.591. The Balaban J connectivity index is 1.92. The first-order chi connectivity index (χ1) is 12.8. The fraction of sp³-hybridized carbons (Fsp3) is 0.353. The number of thiazole rings is 1. The number of carbonyl (C=O) groups excluding carboxylic acids is 1. The Morgan fingerprint density at radius 2 is 2.07 bits per heavy atom. The lowest BCUT2D eigenvalue weighted by molar-refractivity contribution is 0.0921. The average Bonchev–Trinajstić information content (AvgIpc) is 2.98. The highest BCUT2D eigenvalue weighted by atomic mass is 32.1. The van der Waals surface area contributed by atoms with Crippen LogP contribution in [0.4, 0.5) is 10.3 Å². The van der Waals surface area contributed by atoms with Gasteiger partial charge in [0, 0.05) is 12.7 Å². The van der Waals surface area contributed by atoms with Crippen molar-refractivity contribution in [2.45, 2.75) is 32.9 Å². The van der Waals surface area contributed by atoms with Crippen molar-refractivity contribution in [3.8, 4) is 0 Å². The lowest BCUT2D eigenvalue weighted by atomic mass is 10.1. The van der Waals surface area contributed by atoms with E-state index in [-0.39, 0.29) is 24.2 Å². The van der Waals surface area contributed by atoms with E-state index in [4.69, 9.17) is 0 Å². The van der Waals surface area contributed by atoms with E-state index in [0.717, 1.165) is 11.2 Å². The molecule has 1 amide bonds. The van der Waals surface area contributed by atoms with Crippen LogP contribution in [-0.2, 0) is 0 Å². The smallest absolute Gasteiger partial charge is 0.271 e. The van der Waals surface area contributed by atoms with Gasteiger partial charge >= 0.3 is 0 Å². The average molecular weight is 390 g/mol. The summed E-state index contributed by atoms with van der Waals surface area (Å²) in [5, 5.41) is 15.8. The molecule has 0 unspecified atom stereocenters. The van der Waals surface area contributed by atoms with Gasteiger partial charge in [0.15, 0.2) is 11.3 Å². The van der Waals surface area contributed by atoms with Crippen molar-refractivity contribution in [3.05, 3.63) is 40.5 Å².